The van der Waals surface area contributed by atoms with Gasteiger partial charge in [0.15, 0.2) is 0 Å². The molecule has 86 valence electrons. The van der Waals surface area contributed by atoms with Crippen molar-refractivity contribution in [2.24, 2.45) is 5.73 Å². The Morgan fingerprint density at radius 3 is 2.81 bits per heavy atom. The van der Waals surface area contributed by atoms with E-state index in [4.69, 9.17) is 10.5 Å². The zero-order valence-corrected chi connectivity index (χ0v) is 11.2. The fraction of sp³-hybridized carbons (Fsp3) is 0.385. The highest BCUT2D eigenvalue weighted by Crippen LogP contribution is 2.28. The number of nitrogens with two attached hydrogens (primary N) is 1. The number of hydrogen-bond donors (Lipinski definition) is 1. The normalized spacial score (nSPS) is 11.5. The van der Waals surface area contributed by atoms with Crippen LogP contribution in [0.25, 0.3) is 0 Å². The van der Waals surface area contributed by atoms with Crippen LogP contribution in [0.3, 0.4) is 0 Å². The number of hydrogen-bond acceptors (Lipinski definition) is 2. The molecule has 0 fully saturated rings. The molecule has 2 N–H and O–H groups in total. The summed E-state index contributed by atoms with van der Waals surface area (Å²) in [6.45, 7) is 1.84. The van der Waals surface area contributed by atoms with Crippen molar-refractivity contribution in [2.45, 2.75) is 25.8 Å². The minimum absolute atomic E-state index is 0.0306. The van der Waals surface area contributed by atoms with E-state index < -0.39 is 0 Å². The van der Waals surface area contributed by atoms with E-state index in [-0.39, 0.29) is 6.04 Å². The van der Waals surface area contributed by atoms with Gasteiger partial charge in [-0.25, -0.2) is 0 Å². The standard InChI is InChI=1S/C13H16BrNO/c1-3-4-5-6-12(15)10-7-8-13(16-2)11(14)9-10/h7-9,12H,5-6,15H2,1-2H3. The molecule has 0 bridgehead atoms. The van der Waals surface area contributed by atoms with E-state index in [9.17, 15) is 0 Å². The van der Waals surface area contributed by atoms with Gasteiger partial charge in [-0.1, -0.05) is 6.07 Å². The third-order valence-electron chi connectivity index (χ3n) is 2.36. The molecular weight excluding hydrogens is 266 g/mol. The molecule has 3 heteroatoms. The van der Waals surface area contributed by atoms with Crippen molar-refractivity contribution in [3.63, 3.8) is 0 Å². The molecule has 1 aromatic rings. The molecule has 0 heterocycles. The molecule has 1 unspecified atom stereocenters. The Bertz CT molecular complexity index is 406. The van der Waals surface area contributed by atoms with E-state index in [1.165, 1.54) is 0 Å². The van der Waals surface area contributed by atoms with Crippen molar-refractivity contribution in [1.82, 2.24) is 0 Å². The maximum absolute atomic E-state index is 6.07. The number of halogens is 1. The Labute approximate surface area is 105 Å². The summed E-state index contributed by atoms with van der Waals surface area (Å²) in [5.74, 6) is 6.71. The number of methoxy groups -OCH3 is 1. The Morgan fingerprint density at radius 2 is 2.25 bits per heavy atom. The van der Waals surface area contributed by atoms with E-state index >= 15 is 0 Å². The largest absolute Gasteiger partial charge is 0.496 e. The van der Waals surface area contributed by atoms with Crippen molar-refractivity contribution >= 4 is 15.9 Å². The van der Waals surface area contributed by atoms with Crippen LogP contribution < -0.4 is 10.5 Å². The molecule has 0 aliphatic rings. The lowest BCUT2D eigenvalue weighted by molar-refractivity contribution is 0.412. The van der Waals surface area contributed by atoms with Gasteiger partial charge in [0.1, 0.15) is 5.75 Å². The molecule has 0 saturated carbocycles. The number of benzene rings is 1. The third-order valence-corrected chi connectivity index (χ3v) is 2.98. The monoisotopic (exact) mass is 281 g/mol. The van der Waals surface area contributed by atoms with Crippen LogP contribution in [0.2, 0.25) is 0 Å². The van der Waals surface area contributed by atoms with Gasteiger partial charge in [-0.05, 0) is 47.0 Å². The molecule has 0 amide bonds. The molecule has 0 aliphatic heterocycles. The van der Waals surface area contributed by atoms with Gasteiger partial charge >= 0.3 is 0 Å². The van der Waals surface area contributed by atoms with Gasteiger partial charge in [0.05, 0.1) is 11.6 Å². The molecule has 1 aromatic carbocycles. The van der Waals surface area contributed by atoms with Crippen molar-refractivity contribution in [1.29, 1.82) is 0 Å². The topological polar surface area (TPSA) is 35.2 Å². The Hall–Kier alpha value is -0.980. The average Bonchev–Trinajstić information content (AvgIpc) is 2.29. The summed E-state index contributed by atoms with van der Waals surface area (Å²) in [5, 5.41) is 0. The smallest absolute Gasteiger partial charge is 0.133 e. The lowest BCUT2D eigenvalue weighted by atomic mass is 10.0. The second kappa shape index (κ2) is 6.57. The Kier molecular flexibility index (Phi) is 5.37. The highest BCUT2D eigenvalue weighted by Gasteiger charge is 2.07. The fourth-order valence-electron chi connectivity index (χ4n) is 1.43. The highest BCUT2D eigenvalue weighted by atomic mass is 79.9. The predicted octanol–water partition coefficient (Wildman–Crippen LogP) is 3.26. The van der Waals surface area contributed by atoms with Gasteiger partial charge in [0.25, 0.3) is 0 Å². The first-order valence-electron chi connectivity index (χ1n) is 5.17. The number of ether oxygens (including phenoxy) is 1. The summed E-state index contributed by atoms with van der Waals surface area (Å²) >= 11 is 3.45. The van der Waals surface area contributed by atoms with Crippen molar-refractivity contribution in [3.8, 4) is 17.6 Å². The van der Waals surface area contributed by atoms with Crippen LogP contribution in [0.1, 0.15) is 31.4 Å². The molecule has 0 saturated heterocycles. The maximum atomic E-state index is 6.07. The Balaban J connectivity index is 2.71. The highest BCUT2D eigenvalue weighted by molar-refractivity contribution is 9.10. The van der Waals surface area contributed by atoms with Gasteiger partial charge < -0.3 is 10.5 Å². The van der Waals surface area contributed by atoms with Crippen molar-refractivity contribution in [3.05, 3.63) is 28.2 Å². The summed E-state index contributed by atoms with van der Waals surface area (Å²) in [4.78, 5) is 0. The molecule has 0 spiro atoms. The van der Waals surface area contributed by atoms with E-state index in [0.29, 0.717) is 0 Å². The van der Waals surface area contributed by atoms with Gasteiger partial charge in [-0.2, -0.15) is 0 Å². The first-order valence-corrected chi connectivity index (χ1v) is 5.97. The first kappa shape index (κ1) is 13.1. The van der Waals surface area contributed by atoms with E-state index in [1.54, 1.807) is 7.11 Å². The fourth-order valence-corrected chi connectivity index (χ4v) is 1.99. The molecule has 0 aliphatic carbocycles. The van der Waals surface area contributed by atoms with Crippen molar-refractivity contribution < 1.29 is 4.74 Å². The van der Waals surface area contributed by atoms with Crippen LogP contribution in [-0.4, -0.2) is 7.11 Å². The molecule has 16 heavy (non-hydrogen) atoms. The van der Waals surface area contributed by atoms with E-state index in [2.05, 4.69) is 27.8 Å². The van der Waals surface area contributed by atoms with Crippen LogP contribution in [0, 0.1) is 11.8 Å². The predicted molar refractivity (Wildman–Crippen MR) is 70.3 cm³/mol. The zero-order chi connectivity index (χ0) is 12.0. The van der Waals surface area contributed by atoms with Crippen LogP contribution >= 0.6 is 15.9 Å². The minimum Gasteiger partial charge on any atom is -0.496 e. The Morgan fingerprint density at radius 1 is 1.50 bits per heavy atom. The van der Waals surface area contributed by atoms with Crippen LogP contribution in [0.5, 0.6) is 5.75 Å². The molecule has 0 aromatic heterocycles. The lowest BCUT2D eigenvalue weighted by Gasteiger charge is -2.12. The lowest BCUT2D eigenvalue weighted by Crippen LogP contribution is -2.09. The van der Waals surface area contributed by atoms with Gasteiger partial charge in [-0.3, -0.25) is 0 Å². The summed E-state index contributed by atoms with van der Waals surface area (Å²) < 4.78 is 6.10. The molecule has 0 radical (unpaired) electrons. The SMILES string of the molecule is CC#CCCC(N)c1ccc(OC)c(Br)c1. The van der Waals surface area contributed by atoms with Gasteiger partial charge in [0.2, 0.25) is 0 Å². The quantitative estimate of drug-likeness (QED) is 0.860. The van der Waals surface area contributed by atoms with Crippen LogP contribution in [-0.2, 0) is 0 Å². The van der Waals surface area contributed by atoms with Crippen LogP contribution in [0.15, 0.2) is 22.7 Å². The first-order chi connectivity index (χ1) is 7.69. The summed E-state index contributed by atoms with van der Waals surface area (Å²) in [5.41, 5.74) is 7.17. The van der Waals surface area contributed by atoms with E-state index in [1.807, 2.05) is 25.1 Å². The van der Waals surface area contributed by atoms with Crippen molar-refractivity contribution in [2.75, 3.05) is 7.11 Å². The summed E-state index contributed by atoms with van der Waals surface area (Å²) in [6.07, 6.45) is 1.71. The number of rotatable bonds is 4. The van der Waals surface area contributed by atoms with Gasteiger partial charge in [0, 0.05) is 12.5 Å². The van der Waals surface area contributed by atoms with Gasteiger partial charge in [-0.15, -0.1) is 11.8 Å². The summed E-state index contributed by atoms with van der Waals surface area (Å²) in [6, 6.07) is 5.95. The minimum atomic E-state index is 0.0306. The molecular formula is C13H16BrNO. The van der Waals surface area contributed by atoms with Crippen LogP contribution in [0.4, 0.5) is 0 Å². The average molecular weight is 282 g/mol. The zero-order valence-electron chi connectivity index (χ0n) is 9.59. The second-order valence-electron chi connectivity index (χ2n) is 3.47. The summed E-state index contributed by atoms with van der Waals surface area (Å²) in [7, 11) is 1.65. The maximum Gasteiger partial charge on any atom is 0.133 e. The second-order valence-corrected chi connectivity index (χ2v) is 4.32. The third kappa shape index (κ3) is 3.55. The van der Waals surface area contributed by atoms with E-state index in [0.717, 1.165) is 28.6 Å². The molecule has 1 rings (SSSR count). The molecule has 1 atom stereocenters. The molecule has 2 nitrogen and oxygen atoms in total.